The molecule has 1 aromatic heterocycles. The van der Waals surface area contributed by atoms with Crippen LogP contribution >= 0.6 is 12.4 Å². The molecule has 4 nitrogen and oxygen atoms in total. The number of carboxylic acids is 1. The molecule has 19 heavy (non-hydrogen) atoms. The Hall–Kier alpha value is -1.91. The van der Waals surface area contributed by atoms with E-state index >= 15 is 0 Å². The van der Waals surface area contributed by atoms with Crippen molar-refractivity contribution in [3.05, 3.63) is 65.5 Å². The van der Waals surface area contributed by atoms with Gasteiger partial charge in [-0.1, -0.05) is 18.2 Å². The maximum Gasteiger partial charge on any atom is 0.335 e. The predicted molar refractivity (Wildman–Crippen MR) is 73.4 cm³/mol. The van der Waals surface area contributed by atoms with Gasteiger partial charge in [0.1, 0.15) is 0 Å². The van der Waals surface area contributed by atoms with E-state index < -0.39 is 5.97 Å². The SMILES string of the molecule is Cl.O=C(O)c1ccc(COCc2cccnc2)cc1. The molecule has 0 bridgehead atoms. The summed E-state index contributed by atoms with van der Waals surface area (Å²) in [4.78, 5) is 14.7. The number of benzene rings is 1. The molecule has 5 heteroatoms. The molecule has 2 aromatic rings. The number of carboxylic acid groups (broad SMARTS) is 1. The van der Waals surface area contributed by atoms with E-state index in [1.807, 2.05) is 12.1 Å². The number of ether oxygens (including phenoxy) is 1. The second-order valence-corrected chi connectivity index (χ2v) is 3.86. The number of hydrogen-bond donors (Lipinski definition) is 1. The van der Waals surface area contributed by atoms with Crippen molar-refractivity contribution in [2.75, 3.05) is 0 Å². The van der Waals surface area contributed by atoms with Crippen molar-refractivity contribution >= 4 is 18.4 Å². The fourth-order valence-corrected chi connectivity index (χ4v) is 1.51. The van der Waals surface area contributed by atoms with Crippen molar-refractivity contribution in [1.29, 1.82) is 0 Å². The van der Waals surface area contributed by atoms with Gasteiger partial charge >= 0.3 is 5.97 Å². The highest BCUT2D eigenvalue weighted by molar-refractivity contribution is 5.87. The molecule has 0 aliphatic heterocycles. The minimum Gasteiger partial charge on any atom is -0.478 e. The van der Waals surface area contributed by atoms with E-state index in [0.29, 0.717) is 13.2 Å². The van der Waals surface area contributed by atoms with Gasteiger partial charge in [0, 0.05) is 12.4 Å². The Morgan fingerprint density at radius 2 is 1.79 bits per heavy atom. The zero-order chi connectivity index (χ0) is 12.8. The Kier molecular flexibility index (Phi) is 5.99. The van der Waals surface area contributed by atoms with Crippen molar-refractivity contribution in [2.45, 2.75) is 13.2 Å². The molecule has 1 aromatic carbocycles. The lowest BCUT2D eigenvalue weighted by Crippen LogP contribution is -1.98. The maximum absolute atomic E-state index is 10.7. The average Bonchev–Trinajstić information content (AvgIpc) is 2.40. The van der Waals surface area contributed by atoms with Crippen LogP contribution in [0.3, 0.4) is 0 Å². The third kappa shape index (κ3) is 4.69. The Bertz CT molecular complexity index is 514. The fraction of sp³-hybridized carbons (Fsp3) is 0.143. The van der Waals surface area contributed by atoms with Crippen LogP contribution in [0.5, 0.6) is 0 Å². The van der Waals surface area contributed by atoms with Crippen LogP contribution in [0, 0.1) is 0 Å². The Morgan fingerprint density at radius 3 is 2.37 bits per heavy atom. The first kappa shape index (κ1) is 15.1. The van der Waals surface area contributed by atoms with Crippen LogP contribution in [0.25, 0.3) is 0 Å². The number of aromatic carboxylic acids is 1. The summed E-state index contributed by atoms with van der Waals surface area (Å²) < 4.78 is 5.52. The smallest absolute Gasteiger partial charge is 0.335 e. The highest BCUT2D eigenvalue weighted by Gasteiger charge is 2.01. The van der Waals surface area contributed by atoms with Crippen LogP contribution in [-0.4, -0.2) is 16.1 Å². The monoisotopic (exact) mass is 279 g/mol. The van der Waals surface area contributed by atoms with Crippen LogP contribution < -0.4 is 0 Å². The molecular weight excluding hydrogens is 266 g/mol. The summed E-state index contributed by atoms with van der Waals surface area (Å²) in [6, 6.07) is 10.5. The average molecular weight is 280 g/mol. The quantitative estimate of drug-likeness (QED) is 0.914. The summed E-state index contributed by atoms with van der Waals surface area (Å²) in [5.74, 6) is -0.919. The van der Waals surface area contributed by atoms with Gasteiger partial charge in [-0.15, -0.1) is 12.4 Å². The Balaban J connectivity index is 0.00000180. The van der Waals surface area contributed by atoms with Crippen molar-refractivity contribution in [2.24, 2.45) is 0 Å². The lowest BCUT2D eigenvalue weighted by Gasteiger charge is -2.04. The molecule has 0 radical (unpaired) electrons. The van der Waals surface area contributed by atoms with E-state index in [2.05, 4.69) is 4.98 Å². The van der Waals surface area contributed by atoms with Crippen LogP contribution in [0.1, 0.15) is 21.5 Å². The van der Waals surface area contributed by atoms with Crippen molar-refractivity contribution in [3.63, 3.8) is 0 Å². The number of nitrogens with zero attached hydrogens (tertiary/aromatic N) is 1. The number of pyridine rings is 1. The molecule has 100 valence electrons. The second-order valence-electron chi connectivity index (χ2n) is 3.86. The number of rotatable bonds is 5. The molecule has 0 atom stereocenters. The van der Waals surface area contributed by atoms with Gasteiger partial charge in [-0.2, -0.15) is 0 Å². The third-order valence-corrected chi connectivity index (χ3v) is 2.46. The molecule has 1 N–H and O–H groups in total. The molecule has 2 rings (SSSR count). The Morgan fingerprint density at radius 1 is 1.11 bits per heavy atom. The topological polar surface area (TPSA) is 59.4 Å². The van der Waals surface area contributed by atoms with Gasteiger partial charge in [0.15, 0.2) is 0 Å². The number of halogens is 1. The first-order valence-electron chi connectivity index (χ1n) is 5.54. The van der Waals surface area contributed by atoms with Crippen LogP contribution in [-0.2, 0) is 18.0 Å². The molecule has 0 saturated heterocycles. The molecule has 0 spiro atoms. The van der Waals surface area contributed by atoms with E-state index in [-0.39, 0.29) is 18.0 Å². The minimum absolute atomic E-state index is 0. The fourth-order valence-electron chi connectivity index (χ4n) is 1.51. The summed E-state index contributed by atoms with van der Waals surface area (Å²) >= 11 is 0. The minimum atomic E-state index is -0.919. The zero-order valence-electron chi connectivity index (χ0n) is 10.2. The standard InChI is InChI=1S/C14H13NO3.ClH/c16-14(17)13-5-3-11(4-6-13)9-18-10-12-2-1-7-15-8-12;/h1-8H,9-10H2,(H,16,17);1H. The largest absolute Gasteiger partial charge is 0.478 e. The summed E-state index contributed by atoms with van der Waals surface area (Å²) in [7, 11) is 0. The van der Waals surface area contributed by atoms with E-state index in [4.69, 9.17) is 9.84 Å². The lowest BCUT2D eigenvalue weighted by atomic mass is 10.1. The van der Waals surface area contributed by atoms with Gasteiger partial charge in [-0.25, -0.2) is 4.79 Å². The Labute approximate surface area is 117 Å². The summed E-state index contributed by atoms with van der Waals surface area (Å²) in [6.45, 7) is 0.948. The van der Waals surface area contributed by atoms with Gasteiger partial charge < -0.3 is 9.84 Å². The molecule has 1 heterocycles. The highest BCUT2D eigenvalue weighted by atomic mass is 35.5. The first-order valence-corrected chi connectivity index (χ1v) is 5.54. The molecule has 0 aliphatic carbocycles. The van der Waals surface area contributed by atoms with E-state index in [9.17, 15) is 4.79 Å². The van der Waals surface area contributed by atoms with Gasteiger partial charge in [0.2, 0.25) is 0 Å². The molecule has 0 aliphatic rings. The van der Waals surface area contributed by atoms with Gasteiger partial charge in [-0.05, 0) is 29.3 Å². The van der Waals surface area contributed by atoms with E-state index in [1.165, 1.54) is 0 Å². The predicted octanol–water partition coefficient (Wildman–Crippen LogP) is 2.92. The van der Waals surface area contributed by atoms with Crippen LogP contribution in [0.15, 0.2) is 48.8 Å². The first-order chi connectivity index (χ1) is 8.75. The molecule has 0 saturated carbocycles. The van der Waals surface area contributed by atoms with Crippen LogP contribution in [0.4, 0.5) is 0 Å². The normalized spacial score (nSPS) is 9.68. The molecule has 0 fully saturated rings. The van der Waals surface area contributed by atoms with Crippen LogP contribution in [0.2, 0.25) is 0 Å². The third-order valence-electron chi connectivity index (χ3n) is 2.46. The maximum atomic E-state index is 10.7. The lowest BCUT2D eigenvalue weighted by molar-refractivity contribution is 0.0696. The van der Waals surface area contributed by atoms with E-state index in [0.717, 1.165) is 11.1 Å². The zero-order valence-corrected chi connectivity index (χ0v) is 11.0. The second kappa shape index (κ2) is 7.51. The summed E-state index contributed by atoms with van der Waals surface area (Å²) in [5, 5.41) is 8.76. The number of carbonyl (C=O) groups is 1. The molecule has 0 unspecified atom stereocenters. The summed E-state index contributed by atoms with van der Waals surface area (Å²) in [5.41, 5.74) is 2.24. The number of hydrogen-bond acceptors (Lipinski definition) is 3. The van der Waals surface area contributed by atoms with E-state index in [1.54, 1.807) is 36.7 Å². The molecule has 0 amide bonds. The van der Waals surface area contributed by atoms with Gasteiger partial charge in [0.25, 0.3) is 0 Å². The highest BCUT2D eigenvalue weighted by Crippen LogP contribution is 2.07. The van der Waals surface area contributed by atoms with Crippen molar-refractivity contribution in [3.8, 4) is 0 Å². The van der Waals surface area contributed by atoms with Crippen molar-refractivity contribution < 1.29 is 14.6 Å². The van der Waals surface area contributed by atoms with Gasteiger partial charge in [0.05, 0.1) is 18.8 Å². The number of aromatic nitrogens is 1. The molecular formula is C14H14ClNO3. The van der Waals surface area contributed by atoms with Gasteiger partial charge in [-0.3, -0.25) is 4.98 Å². The summed E-state index contributed by atoms with van der Waals surface area (Å²) in [6.07, 6.45) is 3.47. The van der Waals surface area contributed by atoms with Crippen molar-refractivity contribution in [1.82, 2.24) is 4.98 Å².